The highest BCUT2D eigenvalue weighted by molar-refractivity contribution is 6.31. The van der Waals surface area contributed by atoms with Gasteiger partial charge in [0.2, 0.25) is 0 Å². The zero-order valence-corrected chi connectivity index (χ0v) is 17.7. The van der Waals surface area contributed by atoms with Gasteiger partial charge in [0.25, 0.3) is 5.91 Å². The maximum atomic E-state index is 12.6. The number of rotatable bonds is 7. The third-order valence-corrected chi connectivity index (χ3v) is 5.20. The van der Waals surface area contributed by atoms with Gasteiger partial charge in [-0.25, -0.2) is 9.89 Å². The second-order valence-electron chi connectivity index (χ2n) is 6.92. The number of aromatic nitrogens is 3. The van der Waals surface area contributed by atoms with Crippen LogP contribution >= 0.6 is 11.6 Å². The Morgan fingerprint density at radius 3 is 2.77 bits per heavy atom. The summed E-state index contributed by atoms with van der Waals surface area (Å²) in [7, 11) is 3.24. The SMILES string of the molecule is Cc1cc(OCc2n[nH]c(=O)n2C)c(-c2cccc(C(=O)N(C)CCO)c2)cc1Cl. The Morgan fingerprint density at radius 1 is 1.33 bits per heavy atom. The molecular weight excluding hydrogens is 408 g/mol. The summed E-state index contributed by atoms with van der Waals surface area (Å²) in [6, 6.07) is 10.7. The number of aryl methyl sites for hydroxylation is 1. The molecule has 8 nitrogen and oxygen atoms in total. The molecule has 3 aromatic rings. The van der Waals surface area contributed by atoms with Crippen LogP contribution in [0.3, 0.4) is 0 Å². The van der Waals surface area contributed by atoms with Gasteiger partial charge in [-0.3, -0.25) is 9.36 Å². The van der Waals surface area contributed by atoms with Crippen molar-refractivity contribution in [2.45, 2.75) is 13.5 Å². The van der Waals surface area contributed by atoms with Gasteiger partial charge in [-0.2, -0.15) is 5.10 Å². The van der Waals surface area contributed by atoms with Crippen LogP contribution in [0, 0.1) is 6.92 Å². The van der Waals surface area contributed by atoms with Crippen LogP contribution in [-0.2, 0) is 13.7 Å². The van der Waals surface area contributed by atoms with Crippen molar-refractivity contribution in [3.05, 3.63) is 68.9 Å². The van der Waals surface area contributed by atoms with E-state index < -0.39 is 0 Å². The molecule has 158 valence electrons. The third kappa shape index (κ3) is 4.55. The first-order valence-corrected chi connectivity index (χ1v) is 9.69. The average Bonchev–Trinajstić information content (AvgIpc) is 3.06. The number of ether oxygens (including phenoxy) is 1. The fourth-order valence-corrected chi connectivity index (χ4v) is 3.11. The Labute approximate surface area is 178 Å². The first-order valence-electron chi connectivity index (χ1n) is 9.31. The first-order chi connectivity index (χ1) is 14.3. The van der Waals surface area contributed by atoms with E-state index in [2.05, 4.69) is 10.2 Å². The standard InChI is InChI=1S/C21H23ClN4O4/c1-13-9-18(30-12-19-23-24-21(29)26(19)3)16(11-17(13)22)14-5-4-6-15(10-14)20(28)25(2)7-8-27/h4-6,9-11,27H,7-8,12H2,1-3H3,(H,24,29). The van der Waals surface area contributed by atoms with E-state index in [1.165, 1.54) is 9.47 Å². The number of nitrogens with zero attached hydrogens (tertiary/aromatic N) is 3. The third-order valence-electron chi connectivity index (χ3n) is 4.79. The molecule has 0 bridgehead atoms. The molecule has 1 heterocycles. The molecule has 0 saturated carbocycles. The number of halogens is 1. The molecule has 0 spiro atoms. The largest absolute Gasteiger partial charge is 0.485 e. The molecule has 2 N–H and O–H groups in total. The van der Waals surface area contributed by atoms with Crippen molar-refractivity contribution in [3.63, 3.8) is 0 Å². The molecule has 3 rings (SSSR count). The zero-order valence-electron chi connectivity index (χ0n) is 17.0. The van der Waals surface area contributed by atoms with Gasteiger partial charge in [-0.05, 0) is 42.3 Å². The summed E-state index contributed by atoms with van der Waals surface area (Å²) in [5, 5.41) is 16.0. The molecule has 0 atom stereocenters. The van der Waals surface area contributed by atoms with Gasteiger partial charge >= 0.3 is 5.69 Å². The Bertz CT molecular complexity index is 1120. The molecule has 0 aliphatic heterocycles. The number of nitrogens with one attached hydrogen (secondary N) is 1. The topological polar surface area (TPSA) is 100 Å². The minimum absolute atomic E-state index is 0.0845. The van der Waals surface area contributed by atoms with Gasteiger partial charge in [0.1, 0.15) is 12.4 Å². The maximum absolute atomic E-state index is 12.6. The van der Waals surface area contributed by atoms with Crippen molar-refractivity contribution < 1.29 is 14.6 Å². The first kappa shape index (κ1) is 21.6. The highest BCUT2D eigenvalue weighted by Crippen LogP contribution is 2.35. The van der Waals surface area contributed by atoms with Gasteiger partial charge in [-0.15, -0.1) is 0 Å². The predicted octanol–water partition coefficient (Wildman–Crippen LogP) is 2.38. The molecule has 0 radical (unpaired) electrons. The molecule has 0 unspecified atom stereocenters. The Hall–Kier alpha value is -3.10. The van der Waals surface area contributed by atoms with Crippen molar-refractivity contribution in [2.75, 3.05) is 20.2 Å². The van der Waals surface area contributed by atoms with E-state index in [-0.39, 0.29) is 31.4 Å². The summed E-state index contributed by atoms with van der Waals surface area (Å²) in [6.45, 7) is 2.09. The normalized spacial score (nSPS) is 10.8. The smallest absolute Gasteiger partial charge is 0.343 e. The number of hydrogen-bond donors (Lipinski definition) is 2. The minimum atomic E-state index is -0.320. The average molecular weight is 431 g/mol. The van der Waals surface area contributed by atoms with E-state index in [9.17, 15) is 9.59 Å². The maximum Gasteiger partial charge on any atom is 0.343 e. The Balaban J connectivity index is 1.96. The lowest BCUT2D eigenvalue weighted by atomic mass is 10.00. The highest BCUT2D eigenvalue weighted by atomic mass is 35.5. The molecule has 0 aliphatic carbocycles. The molecule has 0 fully saturated rings. The van der Waals surface area contributed by atoms with Crippen molar-refractivity contribution in [1.29, 1.82) is 0 Å². The molecule has 2 aromatic carbocycles. The lowest BCUT2D eigenvalue weighted by Crippen LogP contribution is -2.29. The fraction of sp³-hybridized carbons (Fsp3) is 0.286. The number of carbonyl (C=O) groups excluding carboxylic acids is 1. The van der Waals surface area contributed by atoms with Crippen LogP contribution in [0.25, 0.3) is 11.1 Å². The molecule has 1 aromatic heterocycles. The van der Waals surface area contributed by atoms with Crippen molar-refractivity contribution in [3.8, 4) is 16.9 Å². The van der Waals surface area contributed by atoms with Gasteiger partial charge in [-0.1, -0.05) is 23.7 Å². The van der Waals surface area contributed by atoms with Gasteiger partial charge in [0, 0.05) is 36.8 Å². The summed E-state index contributed by atoms with van der Waals surface area (Å²) in [5.41, 5.74) is 2.47. The molecular formula is C21H23ClN4O4. The lowest BCUT2D eigenvalue weighted by molar-refractivity contribution is 0.0767. The van der Waals surface area contributed by atoms with Crippen LogP contribution in [0.5, 0.6) is 5.75 Å². The second kappa shape index (κ2) is 9.15. The number of aliphatic hydroxyl groups is 1. The number of hydrogen-bond acceptors (Lipinski definition) is 5. The van der Waals surface area contributed by atoms with Crippen molar-refractivity contribution in [2.24, 2.45) is 7.05 Å². The van der Waals surface area contributed by atoms with Crippen LogP contribution in [0.15, 0.2) is 41.2 Å². The quantitative estimate of drug-likeness (QED) is 0.599. The van der Waals surface area contributed by atoms with E-state index in [4.69, 9.17) is 21.4 Å². The Morgan fingerprint density at radius 2 is 2.10 bits per heavy atom. The number of amides is 1. The summed E-state index contributed by atoms with van der Waals surface area (Å²) < 4.78 is 7.34. The fourth-order valence-electron chi connectivity index (χ4n) is 2.94. The lowest BCUT2D eigenvalue weighted by Gasteiger charge is -2.17. The van der Waals surface area contributed by atoms with Crippen LogP contribution in [-0.4, -0.2) is 50.9 Å². The summed E-state index contributed by atoms with van der Waals surface area (Å²) in [6.07, 6.45) is 0. The number of aromatic amines is 1. The number of carbonyl (C=O) groups is 1. The number of benzene rings is 2. The van der Waals surface area contributed by atoms with E-state index >= 15 is 0 Å². The summed E-state index contributed by atoms with van der Waals surface area (Å²) in [4.78, 5) is 25.6. The molecule has 0 aliphatic rings. The van der Waals surface area contributed by atoms with Crippen molar-refractivity contribution >= 4 is 17.5 Å². The van der Waals surface area contributed by atoms with Gasteiger partial charge in [0.05, 0.1) is 6.61 Å². The minimum Gasteiger partial charge on any atom is -0.485 e. The molecule has 9 heteroatoms. The van der Waals surface area contributed by atoms with E-state index in [0.29, 0.717) is 27.7 Å². The number of likely N-dealkylation sites (N-methyl/N-ethyl adjacent to an activating group) is 1. The second-order valence-corrected chi connectivity index (χ2v) is 7.33. The monoisotopic (exact) mass is 430 g/mol. The van der Waals surface area contributed by atoms with Crippen LogP contribution in [0.2, 0.25) is 5.02 Å². The zero-order chi connectivity index (χ0) is 21.8. The highest BCUT2D eigenvalue weighted by Gasteiger charge is 2.16. The number of aliphatic hydroxyl groups excluding tert-OH is 1. The predicted molar refractivity (Wildman–Crippen MR) is 114 cm³/mol. The van der Waals surface area contributed by atoms with Gasteiger partial charge in [0.15, 0.2) is 5.82 Å². The van der Waals surface area contributed by atoms with E-state index in [1.807, 2.05) is 19.1 Å². The number of H-pyrrole nitrogens is 1. The molecule has 1 amide bonds. The Kier molecular flexibility index (Phi) is 6.59. The molecule has 0 saturated heterocycles. The van der Waals surface area contributed by atoms with E-state index in [0.717, 1.165) is 11.1 Å². The van der Waals surface area contributed by atoms with Crippen LogP contribution in [0.4, 0.5) is 0 Å². The summed E-state index contributed by atoms with van der Waals surface area (Å²) >= 11 is 6.35. The van der Waals surface area contributed by atoms with E-state index in [1.54, 1.807) is 38.4 Å². The summed E-state index contributed by atoms with van der Waals surface area (Å²) in [5.74, 6) is 0.812. The van der Waals surface area contributed by atoms with Gasteiger partial charge < -0.3 is 14.7 Å². The van der Waals surface area contributed by atoms with Crippen LogP contribution in [0.1, 0.15) is 21.7 Å². The van der Waals surface area contributed by atoms with Crippen molar-refractivity contribution in [1.82, 2.24) is 19.7 Å². The van der Waals surface area contributed by atoms with Crippen LogP contribution < -0.4 is 10.4 Å². The molecule has 30 heavy (non-hydrogen) atoms.